The number of nitrogens with one attached hydrogen (secondary N) is 1. The zero-order chi connectivity index (χ0) is 18.2. The van der Waals surface area contributed by atoms with Gasteiger partial charge >= 0.3 is 12.0 Å². The van der Waals surface area contributed by atoms with E-state index in [1.165, 1.54) is 0 Å². The normalized spacial score (nSPS) is 18.1. The second-order valence-electron chi connectivity index (χ2n) is 6.79. The van der Waals surface area contributed by atoms with Gasteiger partial charge in [0.1, 0.15) is 0 Å². The molecule has 25 heavy (non-hydrogen) atoms. The summed E-state index contributed by atoms with van der Waals surface area (Å²) in [6.07, 6.45) is 1.89. The molecule has 2 unspecified atom stereocenters. The molecule has 1 aliphatic heterocycles. The number of rotatable bonds is 8. The fourth-order valence-corrected chi connectivity index (χ4v) is 3.23. The Hall–Kier alpha value is -2.08. The van der Waals surface area contributed by atoms with Crippen molar-refractivity contribution >= 4 is 12.0 Å². The van der Waals surface area contributed by atoms with Crippen LogP contribution in [0.1, 0.15) is 38.7 Å². The van der Waals surface area contributed by atoms with E-state index in [-0.39, 0.29) is 30.6 Å². The van der Waals surface area contributed by atoms with Crippen molar-refractivity contribution in [2.45, 2.75) is 57.7 Å². The summed E-state index contributed by atoms with van der Waals surface area (Å²) in [5, 5.41) is 12.0. The highest BCUT2D eigenvalue weighted by atomic mass is 16.5. The summed E-state index contributed by atoms with van der Waals surface area (Å²) in [5.74, 6) is -0.850. The lowest BCUT2D eigenvalue weighted by Gasteiger charge is -2.33. The Morgan fingerprint density at radius 2 is 2.04 bits per heavy atom. The molecule has 0 saturated carbocycles. The van der Waals surface area contributed by atoms with Crippen molar-refractivity contribution in [3.63, 3.8) is 0 Å². The van der Waals surface area contributed by atoms with Gasteiger partial charge in [0.2, 0.25) is 0 Å². The van der Waals surface area contributed by atoms with Crippen molar-refractivity contribution in [2.24, 2.45) is 0 Å². The molecule has 2 atom stereocenters. The largest absolute Gasteiger partial charge is 0.481 e. The number of aliphatic carboxylic acids is 1. The second-order valence-corrected chi connectivity index (χ2v) is 6.79. The summed E-state index contributed by atoms with van der Waals surface area (Å²) in [4.78, 5) is 25.6. The first-order chi connectivity index (χ1) is 12.0. The number of carbonyl (C=O) groups is 2. The van der Waals surface area contributed by atoms with E-state index in [0.29, 0.717) is 26.1 Å². The first-order valence-corrected chi connectivity index (χ1v) is 8.89. The Labute approximate surface area is 149 Å². The molecule has 0 aromatic heterocycles. The fourth-order valence-electron chi connectivity index (χ4n) is 3.23. The highest BCUT2D eigenvalue weighted by Gasteiger charge is 2.30. The molecule has 2 N–H and O–H groups in total. The lowest BCUT2D eigenvalue weighted by atomic mass is 10.0. The number of hydrogen-bond acceptors (Lipinski definition) is 3. The quantitative estimate of drug-likeness (QED) is 0.757. The average molecular weight is 348 g/mol. The molecule has 6 nitrogen and oxygen atoms in total. The summed E-state index contributed by atoms with van der Waals surface area (Å²) in [7, 11) is 0. The number of carbonyl (C=O) groups excluding carboxylic acids is 1. The smallest absolute Gasteiger partial charge is 0.318 e. The van der Waals surface area contributed by atoms with Crippen LogP contribution in [0.2, 0.25) is 0 Å². The van der Waals surface area contributed by atoms with Gasteiger partial charge in [-0.1, -0.05) is 30.3 Å². The summed E-state index contributed by atoms with van der Waals surface area (Å²) in [6.45, 7) is 5.21. The zero-order valence-corrected chi connectivity index (χ0v) is 15.0. The Kier molecular flexibility index (Phi) is 7.25. The molecule has 1 fully saturated rings. The van der Waals surface area contributed by atoms with E-state index in [0.717, 1.165) is 12.0 Å². The zero-order valence-electron chi connectivity index (χ0n) is 15.0. The second kappa shape index (κ2) is 9.42. The van der Waals surface area contributed by atoms with E-state index >= 15 is 0 Å². The number of ether oxygens (including phenoxy) is 1. The first-order valence-electron chi connectivity index (χ1n) is 8.89. The minimum Gasteiger partial charge on any atom is -0.481 e. The Morgan fingerprint density at radius 1 is 1.32 bits per heavy atom. The minimum atomic E-state index is -0.850. The fraction of sp³-hybridized carbons (Fsp3) is 0.579. The van der Waals surface area contributed by atoms with E-state index in [4.69, 9.17) is 9.84 Å². The minimum absolute atomic E-state index is 0.0337. The third-order valence-corrected chi connectivity index (χ3v) is 4.45. The third-order valence-electron chi connectivity index (χ3n) is 4.45. The topological polar surface area (TPSA) is 78.9 Å². The van der Waals surface area contributed by atoms with Crippen LogP contribution in [0.15, 0.2) is 30.3 Å². The molecule has 1 aromatic carbocycles. The molecule has 1 heterocycles. The van der Waals surface area contributed by atoms with Crippen LogP contribution in [0.25, 0.3) is 0 Å². The predicted octanol–water partition coefficient (Wildman–Crippen LogP) is 2.67. The molecule has 0 spiro atoms. The van der Waals surface area contributed by atoms with E-state index < -0.39 is 5.97 Å². The number of hydrogen-bond donors (Lipinski definition) is 2. The van der Waals surface area contributed by atoms with Gasteiger partial charge in [0.25, 0.3) is 0 Å². The maximum absolute atomic E-state index is 12.8. The number of urea groups is 1. The summed E-state index contributed by atoms with van der Waals surface area (Å²) < 4.78 is 5.42. The molecule has 6 heteroatoms. The number of nitrogens with zero attached hydrogens (tertiary/aromatic N) is 1. The van der Waals surface area contributed by atoms with Crippen molar-refractivity contribution in [1.29, 1.82) is 0 Å². The van der Waals surface area contributed by atoms with Crippen molar-refractivity contribution in [3.05, 3.63) is 35.9 Å². The monoisotopic (exact) mass is 348 g/mol. The van der Waals surface area contributed by atoms with Crippen molar-refractivity contribution < 1.29 is 19.4 Å². The van der Waals surface area contributed by atoms with Crippen LogP contribution >= 0.6 is 0 Å². The van der Waals surface area contributed by atoms with Crippen molar-refractivity contribution in [3.8, 4) is 0 Å². The molecule has 1 aromatic rings. The highest BCUT2D eigenvalue weighted by Crippen LogP contribution is 2.17. The van der Waals surface area contributed by atoms with Gasteiger partial charge in [-0.25, -0.2) is 4.79 Å². The van der Waals surface area contributed by atoms with Gasteiger partial charge < -0.3 is 20.1 Å². The van der Waals surface area contributed by atoms with Crippen LogP contribution < -0.4 is 5.32 Å². The predicted molar refractivity (Wildman–Crippen MR) is 95.5 cm³/mol. The summed E-state index contributed by atoms with van der Waals surface area (Å²) >= 11 is 0. The van der Waals surface area contributed by atoms with E-state index in [2.05, 4.69) is 5.32 Å². The molecule has 1 aliphatic rings. The third kappa shape index (κ3) is 6.05. The number of carboxylic acids is 1. The van der Waals surface area contributed by atoms with Crippen LogP contribution in [0, 0.1) is 0 Å². The number of benzene rings is 1. The molecule has 0 radical (unpaired) electrons. The standard InChI is InChI=1S/C19H28N2O4/c1-14(2)21(17-10-11-25-13-17)19(24)20-16(8-9-18(22)23)12-15-6-4-3-5-7-15/h3-7,14,16-17H,8-13H2,1-2H3,(H,20,24)(H,22,23). The Bertz CT molecular complexity index is 556. The molecule has 2 rings (SSSR count). The summed E-state index contributed by atoms with van der Waals surface area (Å²) in [5.41, 5.74) is 1.08. The van der Waals surface area contributed by atoms with Gasteiger partial charge in [-0.05, 0) is 38.7 Å². The van der Waals surface area contributed by atoms with Gasteiger partial charge in [0.05, 0.1) is 12.6 Å². The molecular formula is C19H28N2O4. The van der Waals surface area contributed by atoms with Crippen molar-refractivity contribution in [2.75, 3.05) is 13.2 Å². The number of amides is 2. The van der Waals surface area contributed by atoms with Crippen LogP contribution in [0.3, 0.4) is 0 Å². The molecule has 138 valence electrons. The van der Waals surface area contributed by atoms with Gasteiger partial charge in [0.15, 0.2) is 0 Å². The molecule has 0 bridgehead atoms. The van der Waals surface area contributed by atoms with Crippen LogP contribution in [0.5, 0.6) is 0 Å². The summed E-state index contributed by atoms with van der Waals surface area (Å²) in [6, 6.07) is 9.60. The van der Waals surface area contributed by atoms with Gasteiger partial charge in [-0.2, -0.15) is 0 Å². The van der Waals surface area contributed by atoms with Crippen molar-refractivity contribution in [1.82, 2.24) is 10.2 Å². The van der Waals surface area contributed by atoms with Crippen LogP contribution in [-0.2, 0) is 16.0 Å². The molecule has 0 aliphatic carbocycles. The van der Waals surface area contributed by atoms with Gasteiger partial charge in [-0.3, -0.25) is 4.79 Å². The number of carboxylic acid groups (broad SMARTS) is 1. The first kappa shape index (κ1) is 19.2. The Morgan fingerprint density at radius 3 is 2.60 bits per heavy atom. The molecule has 2 amide bonds. The Balaban J connectivity index is 2.04. The molecule has 1 saturated heterocycles. The van der Waals surface area contributed by atoms with E-state index in [9.17, 15) is 9.59 Å². The lowest BCUT2D eigenvalue weighted by Crippen LogP contribution is -2.53. The van der Waals surface area contributed by atoms with E-state index in [1.807, 2.05) is 49.1 Å². The van der Waals surface area contributed by atoms with Gasteiger partial charge in [-0.15, -0.1) is 0 Å². The van der Waals surface area contributed by atoms with Crippen LogP contribution in [0.4, 0.5) is 4.79 Å². The molecular weight excluding hydrogens is 320 g/mol. The van der Waals surface area contributed by atoms with Gasteiger partial charge in [0, 0.05) is 25.1 Å². The maximum Gasteiger partial charge on any atom is 0.318 e. The lowest BCUT2D eigenvalue weighted by molar-refractivity contribution is -0.137. The van der Waals surface area contributed by atoms with E-state index in [1.54, 1.807) is 0 Å². The SMILES string of the molecule is CC(C)N(C(=O)NC(CCC(=O)O)Cc1ccccc1)C1CCOC1. The highest BCUT2D eigenvalue weighted by molar-refractivity contribution is 5.75. The maximum atomic E-state index is 12.8. The van der Waals surface area contributed by atoms with Crippen LogP contribution in [-0.4, -0.2) is 53.3 Å². The average Bonchev–Trinajstić information content (AvgIpc) is 3.07.